The summed E-state index contributed by atoms with van der Waals surface area (Å²) >= 11 is 0. The Bertz CT molecular complexity index is 293. The molecule has 0 aliphatic rings. The van der Waals surface area contributed by atoms with Crippen molar-refractivity contribution >= 4 is 0 Å². The lowest BCUT2D eigenvalue weighted by molar-refractivity contribution is 0.427. The second kappa shape index (κ2) is 6.63. The molecule has 1 atom stereocenters. The van der Waals surface area contributed by atoms with Crippen LogP contribution in [0.4, 0.5) is 0 Å². The van der Waals surface area contributed by atoms with Gasteiger partial charge in [0, 0.05) is 12.5 Å². The molecule has 4 nitrogen and oxygen atoms in total. The number of nitrogens with zero attached hydrogens (tertiary/aromatic N) is 3. The Balaban J connectivity index is 2.59. The summed E-state index contributed by atoms with van der Waals surface area (Å²) in [5.74, 6) is 1.77. The van der Waals surface area contributed by atoms with Gasteiger partial charge >= 0.3 is 0 Å². The van der Waals surface area contributed by atoms with Gasteiger partial charge in [0.2, 0.25) is 0 Å². The van der Waals surface area contributed by atoms with Crippen molar-refractivity contribution in [2.24, 2.45) is 5.92 Å². The zero-order valence-electron chi connectivity index (χ0n) is 10.9. The maximum absolute atomic E-state index is 4.36. The molecular weight excluding hydrogens is 200 g/mol. The Kier molecular flexibility index (Phi) is 5.46. The van der Waals surface area contributed by atoms with Crippen LogP contribution in [-0.2, 0) is 6.42 Å². The second-order valence-electron chi connectivity index (χ2n) is 4.50. The molecule has 4 heteroatoms. The summed E-state index contributed by atoms with van der Waals surface area (Å²) in [5.41, 5.74) is 0. The summed E-state index contributed by atoms with van der Waals surface area (Å²) in [4.78, 5) is 4.36. The van der Waals surface area contributed by atoms with Crippen molar-refractivity contribution in [1.82, 2.24) is 20.1 Å². The third-order valence-corrected chi connectivity index (χ3v) is 2.87. The lowest BCUT2D eigenvalue weighted by Gasteiger charge is -2.16. The normalized spacial score (nSPS) is 13.3. The fraction of sp³-hybridized carbons (Fsp3) is 0.833. The highest BCUT2D eigenvalue weighted by atomic mass is 15.3. The molecule has 0 saturated carbocycles. The Morgan fingerprint density at radius 3 is 2.69 bits per heavy atom. The second-order valence-corrected chi connectivity index (χ2v) is 4.50. The van der Waals surface area contributed by atoms with E-state index in [1.165, 1.54) is 6.42 Å². The molecule has 1 heterocycles. The van der Waals surface area contributed by atoms with Gasteiger partial charge in [-0.25, -0.2) is 9.67 Å². The SMILES string of the molecule is CCNCC(CC)Cc1ncnn1C(C)C. The smallest absolute Gasteiger partial charge is 0.138 e. The molecule has 1 N–H and O–H groups in total. The molecule has 0 amide bonds. The Morgan fingerprint density at radius 2 is 2.12 bits per heavy atom. The average Bonchev–Trinajstić information content (AvgIpc) is 2.72. The van der Waals surface area contributed by atoms with Crippen molar-refractivity contribution in [1.29, 1.82) is 0 Å². The van der Waals surface area contributed by atoms with E-state index in [1.54, 1.807) is 6.33 Å². The van der Waals surface area contributed by atoms with Gasteiger partial charge in [0.1, 0.15) is 12.2 Å². The topological polar surface area (TPSA) is 42.7 Å². The van der Waals surface area contributed by atoms with Crippen molar-refractivity contribution in [3.8, 4) is 0 Å². The zero-order valence-corrected chi connectivity index (χ0v) is 10.9. The standard InChI is InChI=1S/C12H24N4/c1-5-11(8-13-6-2)7-12-14-9-15-16(12)10(3)4/h9-11,13H,5-8H2,1-4H3. The van der Waals surface area contributed by atoms with Gasteiger partial charge in [0.25, 0.3) is 0 Å². The van der Waals surface area contributed by atoms with Gasteiger partial charge in [-0.1, -0.05) is 20.3 Å². The van der Waals surface area contributed by atoms with E-state index < -0.39 is 0 Å². The number of hydrogen-bond acceptors (Lipinski definition) is 3. The molecule has 0 spiro atoms. The average molecular weight is 224 g/mol. The number of rotatable bonds is 7. The molecular formula is C12H24N4. The predicted molar refractivity (Wildman–Crippen MR) is 66.4 cm³/mol. The largest absolute Gasteiger partial charge is 0.317 e. The fourth-order valence-corrected chi connectivity index (χ4v) is 1.82. The van der Waals surface area contributed by atoms with Crippen LogP contribution < -0.4 is 5.32 Å². The highest BCUT2D eigenvalue weighted by Gasteiger charge is 2.13. The number of nitrogens with one attached hydrogen (secondary N) is 1. The van der Waals surface area contributed by atoms with Gasteiger partial charge < -0.3 is 5.32 Å². The van der Waals surface area contributed by atoms with Crippen LogP contribution in [0.2, 0.25) is 0 Å². The maximum atomic E-state index is 4.36. The first-order valence-corrected chi connectivity index (χ1v) is 6.28. The first-order valence-electron chi connectivity index (χ1n) is 6.28. The highest BCUT2D eigenvalue weighted by molar-refractivity contribution is 4.89. The van der Waals surface area contributed by atoms with Crippen LogP contribution in [0.3, 0.4) is 0 Å². The van der Waals surface area contributed by atoms with E-state index in [1.807, 2.05) is 4.68 Å². The minimum absolute atomic E-state index is 0.397. The molecule has 1 aromatic rings. The molecule has 0 bridgehead atoms. The van der Waals surface area contributed by atoms with Crippen LogP contribution in [0.1, 0.15) is 46.0 Å². The number of hydrogen-bond donors (Lipinski definition) is 1. The monoisotopic (exact) mass is 224 g/mol. The van der Waals surface area contributed by atoms with Crippen LogP contribution in [0, 0.1) is 5.92 Å². The molecule has 0 aliphatic heterocycles. The minimum atomic E-state index is 0.397. The molecule has 16 heavy (non-hydrogen) atoms. The van der Waals surface area contributed by atoms with Crippen LogP contribution in [0.5, 0.6) is 0 Å². The van der Waals surface area contributed by atoms with Gasteiger partial charge in [-0.3, -0.25) is 0 Å². The molecule has 0 aromatic carbocycles. The minimum Gasteiger partial charge on any atom is -0.317 e. The van der Waals surface area contributed by atoms with Gasteiger partial charge in [0.05, 0.1) is 0 Å². The van der Waals surface area contributed by atoms with Crippen LogP contribution in [0.25, 0.3) is 0 Å². The summed E-state index contributed by atoms with van der Waals surface area (Å²) in [6, 6.07) is 0.397. The first-order chi connectivity index (χ1) is 7.69. The molecule has 1 unspecified atom stereocenters. The maximum Gasteiger partial charge on any atom is 0.138 e. The van der Waals surface area contributed by atoms with Crippen LogP contribution in [-0.4, -0.2) is 27.9 Å². The van der Waals surface area contributed by atoms with Gasteiger partial charge in [-0.05, 0) is 32.9 Å². The number of aromatic nitrogens is 3. The lowest BCUT2D eigenvalue weighted by Crippen LogP contribution is -2.25. The van der Waals surface area contributed by atoms with E-state index >= 15 is 0 Å². The predicted octanol–water partition coefficient (Wildman–Crippen LogP) is 2.04. The van der Waals surface area contributed by atoms with Crippen LogP contribution in [0.15, 0.2) is 6.33 Å². The van der Waals surface area contributed by atoms with Crippen molar-refractivity contribution in [2.75, 3.05) is 13.1 Å². The molecule has 0 fully saturated rings. The van der Waals surface area contributed by atoms with E-state index in [0.29, 0.717) is 12.0 Å². The van der Waals surface area contributed by atoms with Gasteiger partial charge in [-0.2, -0.15) is 5.10 Å². The quantitative estimate of drug-likeness (QED) is 0.770. The third-order valence-electron chi connectivity index (χ3n) is 2.87. The van der Waals surface area contributed by atoms with Crippen molar-refractivity contribution in [2.45, 2.75) is 46.6 Å². The van der Waals surface area contributed by atoms with E-state index in [9.17, 15) is 0 Å². The highest BCUT2D eigenvalue weighted by Crippen LogP contribution is 2.12. The van der Waals surface area contributed by atoms with Gasteiger partial charge in [-0.15, -0.1) is 0 Å². The van der Waals surface area contributed by atoms with E-state index in [2.05, 4.69) is 43.1 Å². The molecule has 0 radical (unpaired) electrons. The van der Waals surface area contributed by atoms with E-state index in [0.717, 1.165) is 25.3 Å². The first kappa shape index (κ1) is 13.2. The summed E-state index contributed by atoms with van der Waals surface area (Å²) < 4.78 is 2.02. The molecule has 92 valence electrons. The van der Waals surface area contributed by atoms with Crippen molar-refractivity contribution in [3.63, 3.8) is 0 Å². The summed E-state index contributed by atoms with van der Waals surface area (Å²) in [7, 11) is 0. The van der Waals surface area contributed by atoms with Crippen LogP contribution >= 0.6 is 0 Å². The molecule has 1 rings (SSSR count). The fourth-order valence-electron chi connectivity index (χ4n) is 1.82. The van der Waals surface area contributed by atoms with Gasteiger partial charge in [0.15, 0.2) is 0 Å². The summed E-state index contributed by atoms with van der Waals surface area (Å²) in [6.07, 6.45) is 3.86. The lowest BCUT2D eigenvalue weighted by atomic mass is 10.0. The zero-order chi connectivity index (χ0) is 12.0. The summed E-state index contributed by atoms with van der Waals surface area (Å²) in [6.45, 7) is 10.8. The Morgan fingerprint density at radius 1 is 1.38 bits per heavy atom. The van der Waals surface area contributed by atoms with E-state index in [-0.39, 0.29) is 0 Å². The Hall–Kier alpha value is -0.900. The molecule has 0 aliphatic carbocycles. The molecule has 1 aromatic heterocycles. The Labute approximate surface area is 98.5 Å². The summed E-state index contributed by atoms with van der Waals surface area (Å²) in [5, 5.41) is 7.67. The van der Waals surface area contributed by atoms with Crippen molar-refractivity contribution in [3.05, 3.63) is 12.2 Å². The van der Waals surface area contributed by atoms with Crippen molar-refractivity contribution < 1.29 is 0 Å². The third kappa shape index (κ3) is 3.59. The molecule has 0 saturated heterocycles. The van der Waals surface area contributed by atoms with E-state index in [4.69, 9.17) is 0 Å².